The zero-order valence-electron chi connectivity index (χ0n) is 15.2. The van der Waals surface area contributed by atoms with Crippen molar-refractivity contribution in [3.63, 3.8) is 0 Å². The van der Waals surface area contributed by atoms with Crippen LogP contribution in [-0.2, 0) is 20.7 Å². The summed E-state index contributed by atoms with van der Waals surface area (Å²) in [5, 5.41) is 2.67. The summed E-state index contributed by atoms with van der Waals surface area (Å²) in [6, 6.07) is 12.5. The third-order valence-corrected chi connectivity index (χ3v) is 3.58. The highest BCUT2D eigenvalue weighted by molar-refractivity contribution is 5.93. The molecule has 0 radical (unpaired) electrons. The second-order valence-corrected chi connectivity index (χ2v) is 5.66. The zero-order valence-corrected chi connectivity index (χ0v) is 15.2. The van der Waals surface area contributed by atoms with Crippen LogP contribution in [0, 0.1) is 6.92 Å². The zero-order chi connectivity index (χ0) is 18.9. The van der Waals surface area contributed by atoms with E-state index in [-0.39, 0.29) is 13.0 Å². The Morgan fingerprint density at radius 1 is 1.08 bits per heavy atom. The molecule has 1 N–H and O–H groups in total. The molecule has 0 aliphatic heterocycles. The van der Waals surface area contributed by atoms with Crippen molar-refractivity contribution >= 4 is 17.6 Å². The largest absolute Gasteiger partial charge is 0.496 e. The summed E-state index contributed by atoms with van der Waals surface area (Å²) in [5.74, 6) is 0.449. The van der Waals surface area contributed by atoms with E-state index >= 15 is 0 Å². The first-order valence-corrected chi connectivity index (χ1v) is 8.33. The van der Waals surface area contributed by atoms with Gasteiger partial charge in [0, 0.05) is 11.3 Å². The molecule has 6 nitrogen and oxygen atoms in total. The topological polar surface area (TPSA) is 73.9 Å². The van der Waals surface area contributed by atoms with Crippen molar-refractivity contribution in [1.82, 2.24) is 0 Å². The minimum Gasteiger partial charge on any atom is -0.496 e. The summed E-state index contributed by atoms with van der Waals surface area (Å²) < 4.78 is 15.6. The molecule has 0 aromatic heterocycles. The molecule has 0 saturated carbocycles. The van der Waals surface area contributed by atoms with Gasteiger partial charge in [-0.2, -0.15) is 0 Å². The summed E-state index contributed by atoms with van der Waals surface area (Å²) in [6.07, 6.45) is 0.0428. The molecule has 0 aliphatic carbocycles. The first-order valence-electron chi connectivity index (χ1n) is 8.33. The van der Waals surface area contributed by atoms with E-state index in [9.17, 15) is 9.59 Å². The Balaban J connectivity index is 1.83. The summed E-state index contributed by atoms with van der Waals surface area (Å²) in [7, 11) is 1.55. The Hall–Kier alpha value is -3.02. The number of hydrogen-bond acceptors (Lipinski definition) is 5. The Morgan fingerprint density at radius 3 is 2.46 bits per heavy atom. The SMILES string of the molecule is CCOc1ccc(NC(=O)COC(=O)Cc2cc(C)ccc2OC)cc1. The molecule has 2 aromatic rings. The highest BCUT2D eigenvalue weighted by Crippen LogP contribution is 2.20. The number of amides is 1. The van der Waals surface area contributed by atoms with Crippen LogP contribution in [0.5, 0.6) is 11.5 Å². The summed E-state index contributed by atoms with van der Waals surface area (Å²) in [6.45, 7) is 4.06. The molecule has 138 valence electrons. The van der Waals surface area contributed by atoms with Crippen molar-refractivity contribution < 1.29 is 23.8 Å². The number of rotatable bonds is 8. The number of esters is 1. The number of anilines is 1. The molecule has 1 amide bonds. The van der Waals surface area contributed by atoms with Gasteiger partial charge in [-0.05, 0) is 44.2 Å². The molecular formula is C20H23NO5. The Bertz CT molecular complexity index is 755. The molecule has 2 rings (SSSR count). The standard InChI is InChI=1S/C20H23NO5/c1-4-25-17-8-6-16(7-9-17)21-19(22)13-26-20(23)12-15-11-14(2)5-10-18(15)24-3/h5-11H,4,12-13H2,1-3H3,(H,21,22). The second-order valence-electron chi connectivity index (χ2n) is 5.66. The lowest BCUT2D eigenvalue weighted by Crippen LogP contribution is -2.21. The van der Waals surface area contributed by atoms with Crippen LogP contribution in [0.1, 0.15) is 18.1 Å². The van der Waals surface area contributed by atoms with E-state index in [1.54, 1.807) is 37.4 Å². The van der Waals surface area contributed by atoms with Gasteiger partial charge in [-0.25, -0.2) is 0 Å². The third kappa shape index (κ3) is 5.81. The molecular weight excluding hydrogens is 334 g/mol. The Kier molecular flexibility index (Phi) is 7.02. The molecule has 0 heterocycles. The van der Waals surface area contributed by atoms with Gasteiger partial charge in [-0.15, -0.1) is 0 Å². The molecule has 0 saturated heterocycles. The van der Waals surface area contributed by atoms with E-state index < -0.39 is 11.9 Å². The summed E-state index contributed by atoms with van der Waals surface area (Å²) >= 11 is 0. The van der Waals surface area contributed by atoms with Gasteiger partial charge in [0.1, 0.15) is 11.5 Å². The molecule has 0 fully saturated rings. The fourth-order valence-electron chi connectivity index (χ4n) is 2.40. The highest BCUT2D eigenvalue weighted by Gasteiger charge is 2.12. The lowest BCUT2D eigenvalue weighted by atomic mass is 10.1. The summed E-state index contributed by atoms with van der Waals surface area (Å²) in [4.78, 5) is 23.9. The molecule has 0 aliphatic rings. The monoisotopic (exact) mass is 357 g/mol. The van der Waals surface area contributed by atoms with Crippen molar-refractivity contribution in [1.29, 1.82) is 0 Å². The maximum absolute atomic E-state index is 12.0. The first kappa shape index (κ1) is 19.3. The van der Waals surface area contributed by atoms with Crippen LogP contribution in [0.25, 0.3) is 0 Å². The van der Waals surface area contributed by atoms with E-state index in [0.29, 0.717) is 18.0 Å². The van der Waals surface area contributed by atoms with Crippen LogP contribution in [-0.4, -0.2) is 32.2 Å². The molecule has 26 heavy (non-hydrogen) atoms. The van der Waals surface area contributed by atoms with E-state index in [1.165, 1.54) is 0 Å². The molecule has 0 unspecified atom stereocenters. The Morgan fingerprint density at radius 2 is 1.81 bits per heavy atom. The number of carbonyl (C=O) groups is 2. The van der Waals surface area contributed by atoms with Crippen LogP contribution in [0.4, 0.5) is 5.69 Å². The van der Waals surface area contributed by atoms with Gasteiger partial charge in [0.25, 0.3) is 5.91 Å². The number of benzene rings is 2. The van der Waals surface area contributed by atoms with Gasteiger partial charge in [0.05, 0.1) is 20.1 Å². The maximum atomic E-state index is 12.0. The van der Waals surface area contributed by atoms with Crippen LogP contribution >= 0.6 is 0 Å². The van der Waals surface area contributed by atoms with Crippen molar-refractivity contribution in [2.24, 2.45) is 0 Å². The molecule has 0 atom stereocenters. The van der Waals surface area contributed by atoms with E-state index in [1.807, 2.05) is 26.0 Å². The van der Waals surface area contributed by atoms with Gasteiger partial charge >= 0.3 is 5.97 Å². The predicted molar refractivity (Wildman–Crippen MR) is 98.6 cm³/mol. The number of ether oxygens (including phenoxy) is 3. The average molecular weight is 357 g/mol. The van der Waals surface area contributed by atoms with Gasteiger partial charge in [0.15, 0.2) is 6.61 Å². The smallest absolute Gasteiger partial charge is 0.310 e. The normalized spacial score (nSPS) is 10.1. The van der Waals surface area contributed by atoms with Crippen molar-refractivity contribution in [3.8, 4) is 11.5 Å². The van der Waals surface area contributed by atoms with Crippen LogP contribution in [0.2, 0.25) is 0 Å². The minimum absolute atomic E-state index is 0.0428. The van der Waals surface area contributed by atoms with Crippen LogP contribution in [0.15, 0.2) is 42.5 Å². The van der Waals surface area contributed by atoms with Crippen molar-refractivity contribution in [2.45, 2.75) is 20.3 Å². The molecule has 2 aromatic carbocycles. The van der Waals surface area contributed by atoms with E-state index in [4.69, 9.17) is 14.2 Å². The van der Waals surface area contributed by atoms with Crippen LogP contribution < -0.4 is 14.8 Å². The van der Waals surface area contributed by atoms with E-state index in [2.05, 4.69) is 5.32 Å². The Labute approximate surface area is 153 Å². The predicted octanol–water partition coefficient (Wildman–Crippen LogP) is 3.13. The second kappa shape index (κ2) is 9.46. The molecule has 0 bridgehead atoms. The fourth-order valence-corrected chi connectivity index (χ4v) is 2.40. The number of methoxy groups -OCH3 is 1. The number of nitrogens with one attached hydrogen (secondary N) is 1. The number of aryl methyl sites for hydroxylation is 1. The van der Waals surface area contributed by atoms with Gasteiger partial charge in [0.2, 0.25) is 0 Å². The first-order chi connectivity index (χ1) is 12.5. The lowest BCUT2D eigenvalue weighted by molar-refractivity contribution is -0.146. The quantitative estimate of drug-likeness (QED) is 0.735. The molecule has 0 spiro atoms. The van der Waals surface area contributed by atoms with Gasteiger partial charge < -0.3 is 19.5 Å². The van der Waals surface area contributed by atoms with Gasteiger partial charge in [-0.1, -0.05) is 17.7 Å². The fraction of sp³-hybridized carbons (Fsp3) is 0.300. The van der Waals surface area contributed by atoms with Crippen molar-refractivity contribution in [3.05, 3.63) is 53.6 Å². The minimum atomic E-state index is -0.490. The lowest BCUT2D eigenvalue weighted by Gasteiger charge is -2.10. The average Bonchev–Trinajstić information content (AvgIpc) is 2.62. The highest BCUT2D eigenvalue weighted by atomic mass is 16.5. The number of hydrogen-bond donors (Lipinski definition) is 1. The van der Waals surface area contributed by atoms with Crippen molar-refractivity contribution in [2.75, 3.05) is 25.6 Å². The number of carbonyl (C=O) groups excluding carboxylic acids is 2. The van der Waals surface area contributed by atoms with Crippen LogP contribution in [0.3, 0.4) is 0 Å². The maximum Gasteiger partial charge on any atom is 0.310 e. The van der Waals surface area contributed by atoms with Gasteiger partial charge in [-0.3, -0.25) is 9.59 Å². The van der Waals surface area contributed by atoms with E-state index in [0.717, 1.165) is 16.9 Å². The third-order valence-electron chi connectivity index (χ3n) is 3.58. The molecule has 6 heteroatoms. The summed E-state index contributed by atoms with van der Waals surface area (Å²) in [5.41, 5.74) is 2.35.